The Morgan fingerprint density at radius 1 is 1.27 bits per heavy atom. The maximum atomic E-state index is 13.0. The molecule has 2 nitrogen and oxygen atoms in total. The summed E-state index contributed by atoms with van der Waals surface area (Å²) in [7, 11) is 1.19. The van der Waals surface area contributed by atoms with Gasteiger partial charge in [-0.3, -0.25) is 0 Å². The molecule has 1 N–H and O–H groups in total. The van der Waals surface area contributed by atoms with Crippen LogP contribution in [0.3, 0.4) is 0 Å². The van der Waals surface area contributed by atoms with E-state index in [1.807, 2.05) is 4.72 Å². The molecule has 1 unspecified atom stereocenters. The van der Waals surface area contributed by atoms with Crippen molar-refractivity contribution >= 4 is 12.2 Å². The van der Waals surface area contributed by atoms with Crippen LogP contribution < -0.4 is 4.72 Å². The summed E-state index contributed by atoms with van der Waals surface area (Å²) in [6, 6.07) is -1.91. The molecule has 0 radical (unpaired) electrons. The van der Waals surface area contributed by atoms with Crippen molar-refractivity contribution in [3.8, 4) is 0 Å². The molecule has 0 aromatic heterocycles. The Morgan fingerprint density at radius 3 is 2.13 bits per heavy atom. The second kappa shape index (κ2) is 4.42. The number of halogens is 5. The predicted octanol–water partition coefficient (Wildman–Crippen LogP) is 2.76. The fourth-order valence-corrected chi connectivity index (χ4v) is 1.71. The van der Waals surface area contributed by atoms with Gasteiger partial charge in [-0.2, -0.15) is 22.0 Å². The summed E-state index contributed by atoms with van der Waals surface area (Å²) in [5.41, 5.74) is 0. The first-order valence-corrected chi connectivity index (χ1v) is 4.94. The van der Waals surface area contributed by atoms with E-state index in [-0.39, 0.29) is 0 Å². The average molecular weight is 251 g/mol. The van der Waals surface area contributed by atoms with Crippen LogP contribution in [0, 0.1) is 5.92 Å². The average Bonchev–Trinajstić information content (AvgIpc) is 2.86. The van der Waals surface area contributed by atoms with Crippen molar-refractivity contribution in [2.24, 2.45) is 5.92 Å². The van der Waals surface area contributed by atoms with E-state index in [0.717, 1.165) is 0 Å². The molecule has 0 saturated heterocycles. The SMILES string of the molecule is COSNC(C1CC1)C(F)(F)C(F)(F)F. The van der Waals surface area contributed by atoms with Gasteiger partial charge in [-0.15, -0.1) is 0 Å². The largest absolute Gasteiger partial charge is 0.454 e. The first kappa shape index (κ1) is 13.0. The van der Waals surface area contributed by atoms with Gasteiger partial charge in [0.2, 0.25) is 0 Å². The van der Waals surface area contributed by atoms with Crippen LogP contribution in [0.5, 0.6) is 0 Å². The second-order valence-corrected chi connectivity index (χ2v) is 4.04. The minimum Gasteiger partial charge on any atom is -0.305 e. The van der Waals surface area contributed by atoms with E-state index in [0.29, 0.717) is 25.1 Å². The molecule has 1 saturated carbocycles. The Hall–Kier alpha value is -0.0800. The summed E-state index contributed by atoms with van der Waals surface area (Å²) in [5.74, 6) is -5.36. The molecule has 0 amide bonds. The van der Waals surface area contributed by atoms with E-state index in [1.54, 1.807) is 0 Å². The highest BCUT2D eigenvalue weighted by Gasteiger charge is 2.65. The summed E-state index contributed by atoms with van der Waals surface area (Å²) in [6.45, 7) is 0. The number of nitrogens with one attached hydrogen (secondary N) is 1. The van der Waals surface area contributed by atoms with Crippen molar-refractivity contribution in [3.63, 3.8) is 0 Å². The third-order valence-electron chi connectivity index (χ3n) is 2.12. The minimum absolute atomic E-state index is 0.383. The van der Waals surface area contributed by atoms with Gasteiger partial charge < -0.3 is 4.18 Å². The quantitative estimate of drug-likeness (QED) is 0.461. The van der Waals surface area contributed by atoms with Crippen molar-refractivity contribution in [1.29, 1.82) is 0 Å². The summed E-state index contributed by atoms with van der Waals surface area (Å²) < 4.78 is 68.4. The Bertz CT molecular complexity index is 218. The van der Waals surface area contributed by atoms with Gasteiger partial charge in [-0.1, -0.05) is 0 Å². The van der Waals surface area contributed by atoms with Gasteiger partial charge in [0.25, 0.3) is 0 Å². The zero-order chi connectivity index (χ0) is 11.7. The molecule has 0 heterocycles. The Labute approximate surface area is 87.9 Å². The zero-order valence-electron chi connectivity index (χ0n) is 7.78. The van der Waals surface area contributed by atoms with Crippen LogP contribution in [0.25, 0.3) is 0 Å². The van der Waals surface area contributed by atoms with E-state index >= 15 is 0 Å². The summed E-state index contributed by atoms with van der Waals surface area (Å²) >= 11 is 0.398. The first-order valence-electron chi connectivity index (χ1n) is 4.20. The zero-order valence-corrected chi connectivity index (χ0v) is 8.59. The fraction of sp³-hybridized carbons (Fsp3) is 1.00. The fourth-order valence-electron chi connectivity index (χ4n) is 1.17. The maximum absolute atomic E-state index is 13.0. The molecule has 1 rings (SSSR count). The number of alkyl halides is 5. The molecule has 0 bridgehead atoms. The molecule has 0 aromatic carbocycles. The van der Waals surface area contributed by atoms with Gasteiger partial charge in [0, 0.05) is 0 Å². The molecule has 1 aliphatic carbocycles. The lowest BCUT2D eigenvalue weighted by Crippen LogP contribution is -2.53. The monoisotopic (exact) mass is 251 g/mol. The van der Waals surface area contributed by atoms with Crippen LogP contribution in [-0.4, -0.2) is 25.3 Å². The smallest absolute Gasteiger partial charge is 0.305 e. The molecular weight excluding hydrogens is 241 g/mol. The molecular formula is C7H10F5NOS. The van der Waals surface area contributed by atoms with Gasteiger partial charge in [-0.25, -0.2) is 4.72 Å². The van der Waals surface area contributed by atoms with E-state index in [1.165, 1.54) is 7.11 Å². The highest BCUT2D eigenvalue weighted by molar-refractivity contribution is 7.92. The number of hydrogen-bond acceptors (Lipinski definition) is 3. The molecule has 0 aliphatic heterocycles. The van der Waals surface area contributed by atoms with E-state index in [4.69, 9.17) is 0 Å². The minimum atomic E-state index is -5.53. The van der Waals surface area contributed by atoms with E-state index in [2.05, 4.69) is 4.18 Å². The number of rotatable bonds is 5. The molecule has 0 aromatic rings. The highest BCUT2D eigenvalue weighted by Crippen LogP contribution is 2.47. The van der Waals surface area contributed by atoms with Crippen molar-refractivity contribution in [3.05, 3.63) is 0 Å². The lowest BCUT2D eigenvalue weighted by Gasteiger charge is -2.28. The molecule has 1 aliphatic rings. The van der Waals surface area contributed by atoms with Crippen LogP contribution in [-0.2, 0) is 4.18 Å². The van der Waals surface area contributed by atoms with Crippen molar-refractivity contribution in [1.82, 2.24) is 4.72 Å². The van der Waals surface area contributed by atoms with Crippen molar-refractivity contribution in [2.45, 2.75) is 31.0 Å². The highest BCUT2D eigenvalue weighted by atomic mass is 32.2. The van der Waals surface area contributed by atoms with Crippen LogP contribution >= 0.6 is 12.2 Å². The second-order valence-electron chi connectivity index (χ2n) is 3.30. The van der Waals surface area contributed by atoms with Crippen molar-refractivity contribution in [2.75, 3.05) is 7.11 Å². The van der Waals surface area contributed by atoms with Gasteiger partial charge in [0.15, 0.2) is 0 Å². The maximum Gasteiger partial charge on any atom is 0.454 e. The van der Waals surface area contributed by atoms with Gasteiger partial charge >= 0.3 is 12.1 Å². The van der Waals surface area contributed by atoms with Gasteiger partial charge in [-0.05, 0) is 18.8 Å². The summed E-state index contributed by atoms with van der Waals surface area (Å²) in [5, 5.41) is 0. The number of hydrogen-bond donors (Lipinski definition) is 1. The van der Waals surface area contributed by atoms with Crippen LogP contribution in [0.15, 0.2) is 0 Å². The normalized spacial score (nSPS) is 20.4. The van der Waals surface area contributed by atoms with Crippen molar-refractivity contribution < 1.29 is 26.1 Å². The third-order valence-corrected chi connectivity index (χ3v) is 2.64. The summed E-state index contributed by atoms with van der Waals surface area (Å²) in [6.07, 6.45) is -4.76. The molecule has 15 heavy (non-hydrogen) atoms. The lowest BCUT2D eigenvalue weighted by atomic mass is 10.1. The predicted molar refractivity (Wildman–Crippen MR) is 45.2 cm³/mol. The molecule has 90 valence electrons. The Balaban J connectivity index is 2.69. The van der Waals surface area contributed by atoms with Gasteiger partial charge in [0.05, 0.1) is 25.4 Å². The summed E-state index contributed by atoms with van der Waals surface area (Å²) in [4.78, 5) is 0. The third kappa shape index (κ3) is 2.94. The van der Waals surface area contributed by atoms with Gasteiger partial charge in [0.1, 0.15) is 0 Å². The molecule has 1 atom stereocenters. The lowest BCUT2D eigenvalue weighted by molar-refractivity contribution is -0.292. The molecule has 0 spiro atoms. The first-order chi connectivity index (χ1) is 6.80. The topological polar surface area (TPSA) is 21.3 Å². The van der Waals surface area contributed by atoms with Crippen LogP contribution in [0.2, 0.25) is 0 Å². The molecule has 1 fully saturated rings. The Kier molecular flexibility index (Phi) is 3.83. The van der Waals surface area contributed by atoms with Crippen LogP contribution in [0.4, 0.5) is 22.0 Å². The molecule has 8 heteroatoms. The van der Waals surface area contributed by atoms with E-state index < -0.39 is 24.1 Å². The standard InChI is InChI=1S/C7H10F5NOS/c1-14-15-13-5(4-2-3-4)6(8,9)7(10,11)12/h4-5,13H,2-3H2,1H3. The van der Waals surface area contributed by atoms with Crippen LogP contribution in [0.1, 0.15) is 12.8 Å². The van der Waals surface area contributed by atoms with E-state index in [9.17, 15) is 22.0 Å². The Morgan fingerprint density at radius 2 is 1.80 bits per heavy atom.